The number of para-hydroxylation sites is 1. The largest absolute Gasteiger partial charge is 0.488 e. The molecule has 224 valence electrons. The minimum absolute atomic E-state index is 0.115. The number of H-pyrrole nitrogens is 1. The van der Waals surface area contributed by atoms with Gasteiger partial charge in [0, 0.05) is 11.1 Å². The summed E-state index contributed by atoms with van der Waals surface area (Å²) in [4.78, 5) is 11.3. The van der Waals surface area contributed by atoms with Crippen LogP contribution < -0.4 is 4.74 Å². The molecule has 0 amide bonds. The predicted molar refractivity (Wildman–Crippen MR) is 173 cm³/mol. The van der Waals surface area contributed by atoms with Crippen molar-refractivity contribution in [3.05, 3.63) is 137 Å². The van der Waals surface area contributed by atoms with E-state index in [1.54, 1.807) is 12.1 Å². The Morgan fingerprint density at radius 1 is 0.886 bits per heavy atom. The fraction of sp³-hybridized carbons (Fsp3) is 0.243. The van der Waals surface area contributed by atoms with Crippen molar-refractivity contribution in [2.24, 2.45) is 5.92 Å². The molecule has 0 fully saturated rings. The number of nitrogens with zero attached hydrogens (tertiary/aromatic N) is 3. The Kier molecular flexibility index (Phi) is 9.65. The van der Waals surface area contributed by atoms with Gasteiger partial charge < -0.3 is 9.84 Å². The van der Waals surface area contributed by atoms with E-state index in [0.717, 1.165) is 47.3 Å². The van der Waals surface area contributed by atoms with Crippen LogP contribution in [0.2, 0.25) is 0 Å². The molecular formula is C37H38N4O3. The number of benzene rings is 4. The maximum absolute atomic E-state index is 11.3. The Bertz CT molecular complexity index is 1670. The molecule has 0 unspecified atom stereocenters. The number of hydrogen-bond donors (Lipinski definition) is 2. The lowest BCUT2D eigenvalue weighted by Gasteiger charge is -2.19. The summed E-state index contributed by atoms with van der Waals surface area (Å²) in [5.74, 6) is 0.717. The van der Waals surface area contributed by atoms with Gasteiger partial charge in [0.1, 0.15) is 12.4 Å². The van der Waals surface area contributed by atoms with E-state index in [1.807, 2.05) is 42.5 Å². The molecule has 1 heterocycles. The fourth-order valence-electron chi connectivity index (χ4n) is 5.06. The van der Waals surface area contributed by atoms with E-state index < -0.39 is 5.97 Å². The van der Waals surface area contributed by atoms with Crippen LogP contribution in [0.1, 0.15) is 65.4 Å². The third-order valence-electron chi connectivity index (χ3n) is 7.74. The van der Waals surface area contributed by atoms with Crippen LogP contribution in [-0.4, -0.2) is 31.7 Å². The number of carboxylic acid groups (broad SMARTS) is 1. The van der Waals surface area contributed by atoms with Crippen LogP contribution in [0.5, 0.6) is 5.75 Å². The lowest BCUT2D eigenvalue weighted by molar-refractivity contribution is 0.0697. The third-order valence-corrected chi connectivity index (χ3v) is 7.74. The van der Waals surface area contributed by atoms with E-state index in [1.165, 1.54) is 11.1 Å². The molecule has 7 heteroatoms. The number of tetrazole rings is 1. The van der Waals surface area contributed by atoms with Gasteiger partial charge in [-0.1, -0.05) is 112 Å². The van der Waals surface area contributed by atoms with Gasteiger partial charge in [0.05, 0.1) is 5.56 Å². The van der Waals surface area contributed by atoms with E-state index in [9.17, 15) is 9.90 Å². The first-order valence-electron chi connectivity index (χ1n) is 14.9. The van der Waals surface area contributed by atoms with E-state index in [4.69, 9.17) is 4.74 Å². The van der Waals surface area contributed by atoms with E-state index in [-0.39, 0.29) is 11.3 Å². The monoisotopic (exact) mass is 586 g/mol. The van der Waals surface area contributed by atoms with E-state index >= 15 is 0 Å². The zero-order chi connectivity index (χ0) is 30.9. The molecule has 2 N–H and O–H groups in total. The summed E-state index contributed by atoms with van der Waals surface area (Å²) in [5.41, 5.74) is 7.10. The van der Waals surface area contributed by atoms with Crippen molar-refractivity contribution in [2.45, 2.75) is 52.1 Å². The van der Waals surface area contributed by atoms with Crippen molar-refractivity contribution in [1.82, 2.24) is 20.6 Å². The number of carbonyl (C=O) groups is 1. The van der Waals surface area contributed by atoms with Crippen LogP contribution in [0.25, 0.3) is 17.5 Å². The Morgan fingerprint density at radius 2 is 1.57 bits per heavy atom. The quantitative estimate of drug-likeness (QED) is 0.154. The molecule has 0 radical (unpaired) electrons. The highest BCUT2D eigenvalue weighted by Gasteiger charge is 2.14. The number of aromatic amines is 1. The summed E-state index contributed by atoms with van der Waals surface area (Å²) in [6, 6.07) is 32.1. The molecule has 4 aromatic carbocycles. The summed E-state index contributed by atoms with van der Waals surface area (Å²) in [6.07, 6.45) is 6.99. The van der Waals surface area contributed by atoms with E-state index in [0.29, 0.717) is 18.0 Å². The Balaban J connectivity index is 1.29. The Morgan fingerprint density at radius 3 is 2.23 bits per heavy atom. The molecule has 0 saturated heterocycles. The van der Waals surface area contributed by atoms with Gasteiger partial charge >= 0.3 is 5.97 Å². The summed E-state index contributed by atoms with van der Waals surface area (Å²) in [6.45, 7) is 7.14. The van der Waals surface area contributed by atoms with Gasteiger partial charge in [-0.3, -0.25) is 0 Å². The first-order chi connectivity index (χ1) is 21.2. The van der Waals surface area contributed by atoms with Gasteiger partial charge in [0.2, 0.25) is 5.82 Å². The standard InChI is InChI=1S/C37H38N4O3/c1-37(2,3)33-22-15-29(16-23-33)25-44-34-7-5-4-6-30(34)17-12-27(24-28-13-20-32(21-14-28)36(42)43)9-8-26-10-18-31(19-11-26)35-38-40-41-39-35/h4-7,10-23,27H,8-9,24-25H2,1-3H3,(H,42,43)(H,38,39,40,41)/b17-12+/t27-/m1/s1. The number of carboxylic acids is 1. The molecule has 1 atom stereocenters. The van der Waals surface area contributed by atoms with Gasteiger partial charge in [-0.25, -0.2) is 4.79 Å². The highest BCUT2D eigenvalue weighted by molar-refractivity contribution is 5.87. The number of nitrogens with one attached hydrogen (secondary N) is 1. The fourth-order valence-corrected chi connectivity index (χ4v) is 5.06. The summed E-state index contributed by atoms with van der Waals surface area (Å²) < 4.78 is 6.28. The van der Waals surface area contributed by atoms with Crippen molar-refractivity contribution in [1.29, 1.82) is 0 Å². The summed E-state index contributed by atoms with van der Waals surface area (Å²) in [5, 5.41) is 23.5. The minimum Gasteiger partial charge on any atom is -0.488 e. The smallest absolute Gasteiger partial charge is 0.335 e. The number of hydrogen-bond acceptors (Lipinski definition) is 5. The van der Waals surface area contributed by atoms with Crippen LogP contribution in [0.15, 0.2) is 103 Å². The maximum Gasteiger partial charge on any atom is 0.335 e. The minimum atomic E-state index is -0.918. The molecule has 1 aromatic heterocycles. The average Bonchev–Trinajstić information content (AvgIpc) is 3.57. The molecule has 7 nitrogen and oxygen atoms in total. The molecular weight excluding hydrogens is 548 g/mol. The lowest BCUT2D eigenvalue weighted by atomic mass is 9.87. The molecule has 0 aliphatic heterocycles. The van der Waals surface area contributed by atoms with Crippen molar-refractivity contribution < 1.29 is 14.6 Å². The second-order valence-electron chi connectivity index (χ2n) is 12.1. The first-order valence-corrected chi connectivity index (χ1v) is 14.9. The van der Waals surface area contributed by atoms with Gasteiger partial charge in [-0.2, -0.15) is 5.21 Å². The second-order valence-corrected chi connectivity index (χ2v) is 12.1. The van der Waals surface area contributed by atoms with Crippen LogP contribution >= 0.6 is 0 Å². The van der Waals surface area contributed by atoms with Crippen LogP contribution in [0.3, 0.4) is 0 Å². The van der Waals surface area contributed by atoms with Gasteiger partial charge in [-0.05, 0) is 76.3 Å². The number of aryl methyl sites for hydroxylation is 1. The second kappa shape index (κ2) is 14.0. The van der Waals surface area contributed by atoms with Gasteiger partial charge in [0.25, 0.3) is 0 Å². The normalized spacial score (nSPS) is 12.3. The van der Waals surface area contributed by atoms with Crippen molar-refractivity contribution in [2.75, 3.05) is 0 Å². The number of allylic oxidation sites excluding steroid dienone is 1. The number of aromatic carboxylic acids is 1. The molecule has 0 saturated carbocycles. The Hall–Kier alpha value is -5.04. The van der Waals surface area contributed by atoms with Gasteiger partial charge in [0.15, 0.2) is 0 Å². The third kappa shape index (κ3) is 8.28. The topological polar surface area (TPSA) is 101 Å². The van der Waals surface area contributed by atoms with Crippen molar-refractivity contribution >= 4 is 12.0 Å². The SMILES string of the molecule is CC(C)(C)c1ccc(COc2ccccc2/C=C/[C@@H](CCc2ccc(-c3nn[nH]n3)cc2)Cc2ccc(C(=O)O)cc2)cc1. The van der Waals surface area contributed by atoms with Crippen LogP contribution in [-0.2, 0) is 24.9 Å². The molecule has 0 spiro atoms. The molecule has 0 aliphatic rings. The predicted octanol–water partition coefficient (Wildman–Crippen LogP) is 7.95. The number of ether oxygens (including phenoxy) is 1. The molecule has 0 aliphatic carbocycles. The molecule has 5 rings (SSSR count). The molecule has 0 bridgehead atoms. The average molecular weight is 587 g/mol. The first kappa shape index (κ1) is 30.4. The van der Waals surface area contributed by atoms with Crippen LogP contribution in [0.4, 0.5) is 0 Å². The molecule has 44 heavy (non-hydrogen) atoms. The Labute approximate surface area is 258 Å². The van der Waals surface area contributed by atoms with E-state index in [2.05, 4.69) is 96.0 Å². The highest BCUT2D eigenvalue weighted by Crippen LogP contribution is 2.26. The number of rotatable bonds is 12. The number of aromatic nitrogens is 4. The maximum atomic E-state index is 11.3. The van der Waals surface area contributed by atoms with Crippen molar-refractivity contribution in [3.8, 4) is 17.1 Å². The zero-order valence-corrected chi connectivity index (χ0v) is 25.4. The van der Waals surface area contributed by atoms with Crippen molar-refractivity contribution in [3.63, 3.8) is 0 Å². The molecule has 5 aromatic rings. The summed E-state index contributed by atoms with van der Waals surface area (Å²) in [7, 11) is 0. The summed E-state index contributed by atoms with van der Waals surface area (Å²) >= 11 is 0. The van der Waals surface area contributed by atoms with Gasteiger partial charge in [-0.15, -0.1) is 10.2 Å². The van der Waals surface area contributed by atoms with Crippen LogP contribution in [0, 0.1) is 5.92 Å². The lowest BCUT2D eigenvalue weighted by Crippen LogP contribution is -2.10. The zero-order valence-electron chi connectivity index (χ0n) is 25.4. The highest BCUT2D eigenvalue weighted by atomic mass is 16.5.